The zero-order chi connectivity index (χ0) is 6.78. The van der Waals surface area contributed by atoms with Gasteiger partial charge in [-0.3, -0.25) is 0 Å². The zero-order valence-electron chi connectivity index (χ0n) is 5.86. The molecule has 0 aliphatic rings. The van der Waals surface area contributed by atoms with Crippen molar-refractivity contribution >= 4 is 17.6 Å². The van der Waals surface area contributed by atoms with Crippen molar-refractivity contribution in [2.75, 3.05) is 0 Å². The van der Waals surface area contributed by atoms with Crippen molar-refractivity contribution in [2.24, 2.45) is 0 Å². The van der Waals surface area contributed by atoms with Gasteiger partial charge in [0.05, 0.1) is 0 Å². The maximum Gasteiger partial charge on any atom is 0.367 e. The van der Waals surface area contributed by atoms with Gasteiger partial charge in [0.25, 0.3) is 0 Å². The lowest BCUT2D eigenvalue weighted by Crippen LogP contribution is -2.32. The Labute approximate surface area is 53.5 Å². The van der Waals surface area contributed by atoms with Crippen LogP contribution in [0.15, 0.2) is 0 Å². The second-order valence-corrected chi connectivity index (χ2v) is 8.81. The molecule has 0 amide bonds. The molecule has 2 nitrogen and oxygen atoms in total. The Balaban J connectivity index is 3.39. The first kappa shape index (κ1) is 8.35. The van der Waals surface area contributed by atoms with E-state index in [0.717, 1.165) is 0 Å². The SMILES string of the molecule is C[Si](O)O[Si](C)(C)C. The summed E-state index contributed by atoms with van der Waals surface area (Å²) in [4.78, 5) is 8.80. The van der Waals surface area contributed by atoms with Gasteiger partial charge in [-0.2, -0.15) is 0 Å². The van der Waals surface area contributed by atoms with Crippen LogP contribution >= 0.6 is 0 Å². The molecule has 1 N–H and O–H groups in total. The van der Waals surface area contributed by atoms with Gasteiger partial charge in [0.2, 0.25) is 0 Å². The van der Waals surface area contributed by atoms with E-state index in [4.69, 9.17) is 8.91 Å². The van der Waals surface area contributed by atoms with Gasteiger partial charge in [-0.15, -0.1) is 0 Å². The number of rotatable bonds is 2. The third-order valence-corrected chi connectivity index (χ3v) is 4.09. The van der Waals surface area contributed by atoms with Crippen molar-refractivity contribution in [3.8, 4) is 0 Å². The van der Waals surface area contributed by atoms with Crippen molar-refractivity contribution in [3.63, 3.8) is 0 Å². The first-order chi connectivity index (χ1) is 3.42. The van der Waals surface area contributed by atoms with Crippen LogP contribution < -0.4 is 0 Å². The fourth-order valence-corrected chi connectivity index (χ4v) is 3.99. The monoisotopic (exact) mass is 149 g/mol. The fourth-order valence-electron chi connectivity index (χ4n) is 0.443. The van der Waals surface area contributed by atoms with Crippen LogP contribution in [0.4, 0.5) is 0 Å². The molecule has 0 saturated heterocycles. The summed E-state index contributed by atoms with van der Waals surface area (Å²) in [5, 5.41) is 0. The molecule has 0 aromatic heterocycles. The van der Waals surface area contributed by atoms with Crippen LogP contribution in [-0.2, 0) is 4.12 Å². The Morgan fingerprint density at radius 2 is 1.75 bits per heavy atom. The van der Waals surface area contributed by atoms with Crippen molar-refractivity contribution in [3.05, 3.63) is 0 Å². The third-order valence-electron chi connectivity index (χ3n) is 0.454. The highest BCUT2D eigenvalue weighted by atomic mass is 28.4. The third kappa shape index (κ3) is 6.35. The molecule has 4 heteroatoms. The average Bonchev–Trinajstić information content (AvgIpc) is 1.21. The van der Waals surface area contributed by atoms with E-state index in [0.29, 0.717) is 0 Å². The molecule has 49 valence electrons. The molecule has 0 aromatic rings. The van der Waals surface area contributed by atoms with Crippen LogP contribution in [0.3, 0.4) is 0 Å². The molecule has 0 fully saturated rings. The molecule has 0 atom stereocenters. The largest absolute Gasteiger partial charge is 0.435 e. The van der Waals surface area contributed by atoms with Crippen LogP contribution in [0.5, 0.6) is 0 Å². The van der Waals surface area contributed by atoms with E-state index < -0.39 is 17.6 Å². The van der Waals surface area contributed by atoms with E-state index in [-0.39, 0.29) is 0 Å². The van der Waals surface area contributed by atoms with E-state index in [1.807, 2.05) is 0 Å². The lowest BCUT2D eigenvalue weighted by atomic mass is 11.8. The molecule has 0 bridgehead atoms. The molecule has 0 aliphatic carbocycles. The molecule has 0 heterocycles. The van der Waals surface area contributed by atoms with Gasteiger partial charge in [-0.05, 0) is 26.2 Å². The first-order valence-electron chi connectivity index (χ1n) is 2.63. The van der Waals surface area contributed by atoms with E-state index in [1.165, 1.54) is 0 Å². The molecule has 8 heavy (non-hydrogen) atoms. The topological polar surface area (TPSA) is 29.5 Å². The molecule has 0 aliphatic heterocycles. The molecule has 1 radical (unpaired) electrons. The van der Waals surface area contributed by atoms with Crippen LogP contribution in [-0.4, -0.2) is 22.4 Å². The van der Waals surface area contributed by atoms with Gasteiger partial charge in [0.1, 0.15) is 0 Å². The van der Waals surface area contributed by atoms with E-state index >= 15 is 0 Å². The summed E-state index contributed by atoms with van der Waals surface area (Å²) in [7, 11) is -2.86. The minimum absolute atomic E-state index is 1.43. The number of hydrogen-bond acceptors (Lipinski definition) is 2. The van der Waals surface area contributed by atoms with Gasteiger partial charge in [-0.1, -0.05) is 0 Å². The predicted octanol–water partition coefficient (Wildman–Crippen LogP) is 0.948. The Kier molecular flexibility index (Phi) is 2.89. The molecule has 0 aromatic carbocycles. The van der Waals surface area contributed by atoms with E-state index in [2.05, 4.69) is 19.6 Å². The van der Waals surface area contributed by atoms with Gasteiger partial charge in [-0.25, -0.2) is 0 Å². The Morgan fingerprint density at radius 3 is 1.75 bits per heavy atom. The van der Waals surface area contributed by atoms with Crippen LogP contribution in [0.25, 0.3) is 0 Å². The van der Waals surface area contributed by atoms with Crippen LogP contribution in [0.2, 0.25) is 26.2 Å². The van der Waals surface area contributed by atoms with E-state index in [9.17, 15) is 0 Å². The minimum atomic E-state index is -1.43. The standard InChI is InChI=1S/C4H13O2Si2/c1-7(5)6-8(2,3)4/h5H,1-4H3. The summed E-state index contributed by atoms with van der Waals surface area (Å²) in [5.74, 6) is 0. The summed E-state index contributed by atoms with van der Waals surface area (Å²) in [6.45, 7) is 7.94. The zero-order valence-corrected chi connectivity index (χ0v) is 7.86. The lowest BCUT2D eigenvalue weighted by molar-refractivity contribution is 0.422. The van der Waals surface area contributed by atoms with Crippen molar-refractivity contribution in [1.29, 1.82) is 0 Å². The van der Waals surface area contributed by atoms with Crippen LogP contribution in [0, 0.1) is 0 Å². The van der Waals surface area contributed by atoms with Crippen molar-refractivity contribution < 1.29 is 8.91 Å². The molecule has 0 unspecified atom stereocenters. The van der Waals surface area contributed by atoms with Gasteiger partial charge < -0.3 is 8.91 Å². The second-order valence-electron chi connectivity index (χ2n) is 2.73. The maximum atomic E-state index is 8.80. The van der Waals surface area contributed by atoms with Crippen molar-refractivity contribution in [2.45, 2.75) is 26.2 Å². The average molecular weight is 149 g/mol. The quantitative estimate of drug-likeness (QED) is 0.592. The Morgan fingerprint density at radius 1 is 1.38 bits per heavy atom. The smallest absolute Gasteiger partial charge is 0.367 e. The first-order valence-corrected chi connectivity index (χ1v) is 7.90. The normalized spacial score (nSPS) is 12.8. The number of hydrogen-bond donors (Lipinski definition) is 1. The summed E-state index contributed by atoms with van der Waals surface area (Å²) in [5.41, 5.74) is 0. The molecular weight excluding hydrogens is 136 g/mol. The summed E-state index contributed by atoms with van der Waals surface area (Å²) >= 11 is 0. The summed E-state index contributed by atoms with van der Waals surface area (Å²) in [6, 6.07) is 0. The van der Waals surface area contributed by atoms with Gasteiger partial charge >= 0.3 is 9.28 Å². The highest BCUT2D eigenvalue weighted by Crippen LogP contribution is 2.02. The van der Waals surface area contributed by atoms with Gasteiger partial charge in [0.15, 0.2) is 8.32 Å². The highest BCUT2D eigenvalue weighted by Gasteiger charge is 2.17. The van der Waals surface area contributed by atoms with Crippen LogP contribution in [0.1, 0.15) is 0 Å². The molecule has 0 spiro atoms. The summed E-state index contributed by atoms with van der Waals surface area (Å²) < 4.78 is 5.23. The van der Waals surface area contributed by atoms with E-state index in [1.54, 1.807) is 6.55 Å². The molecule has 0 rings (SSSR count). The lowest BCUT2D eigenvalue weighted by Gasteiger charge is -2.17. The highest BCUT2D eigenvalue weighted by molar-refractivity contribution is 6.75. The maximum absolute atomic E-state index is 8.80. The Bertz CT molecular complexity index is 66.9. The predicted molar refractivity (Wildman–Crippen MR) is 38.3 cm³/mol. The fraction of sp³-hybridized carbons (Fsp3) is 1.00. The second kappa shape index (κ2) is 2.77. The van der Waals surface area contributed by atoms with Crippen molar-refractivity contribution in [1.82, 2.24) is 0 Å². The minimum Gasteiger partial charge on any atom is -0.435 e. The molecule has 0 saturated carbocycles. The Hall–Kier alpha value is 0.354. The summed E-state index contributed by atoms with van der Waals surface area (Å²) in [6.07, 6.45) is 0. The molecular formula is C4H13O2Si2. The van der Waals surface area contributed by atoms with Gasteiger partial charge in [0, 0.05) is 0 Å².